The van der Waals surface area contributed by atoms with Gasteiger partial charge in [0.05, 0.1) is 11.6 Å². The first-order valence-electron chi connectivity index (χ1n) is 11.4. The van der Waals surface area contributed by atoms with Gasteiger partial charge in [-0.1, -0.05) is 31.2 Å². The van der Waals surface area contributed by atoms with Crippen LogP contribution in [0.15, 0.2) is 47.6 Å². The molecule has 0 radical (unpaired) electrons. The Morgan fingerprint density at radius 1 is 1.09 bits per heavy atom. The summed E-state index contributed by atoms with van der Waals surface area (Å²) in [5.74, 6) is -0.935. The van der Waals surface area contributed by atoms with E-state index >= 15 is 0 Å². The number of halogens is 1. The smallest absolute Gasteiger partial charge is 0.309 e. The van der Waals surface area contributed by atoms with Gasteiger partial charge < -0.3 is 5.11 Å². The summed E-state index contributed by atoms with van der Waals surface area (Å²) in [5.41, 5.74) is 5.37. The molecule has 7 nitrogen and oxygen atoms in total. The van der Waals surface area contributed by atoms with Gasteiger partial charge in [-0.2, -0.15) is 4.39 Å². The Hall–Kier alpha value is -3.72. The molecule has 0 spiro atoms. The number of hydrogen-bond donors (Lipinski definition) is 1. The minimum Gasteiger partial charge on any atom is -0.481 e. The topological polar surface area (TPSA) is 93.3 Å². The summed E-state index contributed by atoms with van der Waals surface area (Å²) in [5, 5.41) is 19.6. The highest BCUT2D eigenvalue weighted by Crippen LogP contribution is 2.41. The Bertz CT molecular complexity index is 1450. The Kier molecular flexibility index (Phi) is 5.80. The minimum atomic E-state index is -0.912. The quantitative estimate of drug-likeness (QED) is 0.376. The Balaban J connectivity index is 1.71. The maximum Gasteiger partial charge on any atom is 0.309 e. The highest BCUT2D eigenvalue weighted by Gasteiger charge is 2.37. The molecule has 178 valence electrons. The number of nitrogens with zero attached hydrogens (tertiary/aromatic N) is 5. The molecule has 2 atom stereocenters. The van der Waals surface area contributed by atoms with E-state index in [0.717, 1.165) is 43.4 Å². The van der Waals surface area contributed by atoms with Crippen LogP contribution in [0, 0.1) is 32.6 Å². The van der Waals surface area contributed by atoms with Crippen molar-refractivity contribution in [3.05, 3.63) is 81.8 Å². The zero-order chi connectivity index (χ0) is 24.9. The third-order valence-electron chi connectivity index (χ3n) is 6.55. The van der Waals surface area contributed by atoms with Crippen LogP contribution in [0.4, 0.5) is 4.39 Å². The molecule has 35 heavy (non-hydrogen) atoms. The van der Waals surface area contributed by atoms with Gasteiger partial charge in [-0.15, -0.1) is 21.5 Å². The number of carbonyl (C=O) groups is 1. The van der Waals surface area contributed by atoms with Gasteiger partial charge in [0.2, 0.25) is 5.95 Å². The van der Waals surface area contributed by atoms with Crippen molar-refractivity contribution < 1.29 is 14.3 Å². The van der Waals surface area contributed by atoms with Gasteiger partial charge in [0.25, 0.3) is 0 Å². The van der Waals surface area contributed by atoms with Crippen molar-refractivity contribution in [2.75, 3.05) is 0 Å². The molecule has 0 bridgehead atoms. The molecular weight excluding hydrogens is 465 g/mol. The molecule has 0 amide bonds. The number of carboxylic acid groups (broad SMARTS) is 1. The van der Waals surface area contributed by atoms with E-state index < -0.39 is 23.9 Å². The van der Waals surface area contributed by atoms with Crippen LogP contribution < -0.4 is 0 Å². The van der Waals surface area contributed by atoms with E-state index in [1.54, 1.807) is 17.4 Å². The zero-order valence-electron chi connectivity index (χ0n) is 19.8. The molecule has 3 aromatic heterocycles. The molecule has 1 unspecified atom stereocenters. The lowest BCUT2D eigenvalue weighted by Crippen LogP contribution is -2.23. The lowest BCUT2D eigenvalue weighted by atomic mass is 9.95. The van der Waals surface area contributed by atoms with Crippen LogP contribution in [0.25, 0.3) is 16.1 Å². The molecule has 9 heteroatoms. The lowest BCUT2D eigenvalue weighted by Gasteiger charge is -2.18. The minimum absolute atomic E-state index is 0.408. The second kappa shape index (κ2) is 8.81. The normalized spacial score (nSPS) is 15.7. The van der Waals surface area contributed by atoms with Gasteiger partial charge in [-0.05, 0) is 50.5 Å². The number of hydrogen-bond acceptors (Lipinski definition) is 6. The molecule has 0 fully saturated rings. The van der Waals surface area contributed by atoms with Gasteiger partial charge >= 0.3 is 5.97 Å². The molecule has 1 aliphatic rings. The fourth-order valence-electron chi connectivity index (χ4n) is 4.52. The average Bonchev–Trinajstić information content (AvgIpc) is 3.31. The van der Waals surface area contributed by atoms with Crippen molar-refractivity contribution in [2.24, 2.45) is 10.9 Å². The number of aliphatic imine (C=N–C) groups is 1. The standard InChI is InChI=1S/C26H24FN5O2S/c1-5-19(26(33)34)23-24-31-30-15(4)32(24)25-21(13(2)14(3)35-25)22(29-23)17-8-6-16(7-9-17)18-10-11-20(27)28-12-18/h6-12,19,23H,5H2,1-4H3,(H,33,34)/t19-,23?/m0/s1. The summed E-state index contributed by atoms with van der Waals surface area (Å²) in [6.07, 6.45) is 1.91. The summed E-state index contributed by atoms with van der Waals surface area (Å²) < 4.78 is 15.2. The van der Waals surface area contributed by atoms with E-state index in [2.05, 4.69) is 29.0 Å². The van der Waals surface area contributed by atoms with Gasteiger partial charge in [-0.25, -0.2) is 4.98 Å². The molecule has 1 aromatic carbocycles. The van der Waals surface area contributed by atoms with Crippen LogP contribution >= 0.6 is 11.3 Å². The summed E-state index contributed by atoms with van der Waals surface area (Å²) >= 11 is 1.63. The number of thiophene rings is 1. The molecule has 1 aliphatic heterocycles. The summed E-state index contributed by atoms with van der Waals surface area (Å²) in [7, 11) is 0. The van der Waals surface area contributed by atoms with Gasteiger partial charge in [-0.3, -0.25) is 14.4 Å². The van der Waals surface area contributed by atoms with Crippen LogP contribution in [0.2, 0.25) is 0 Å². The van der Waals surface area contributed by atoms with Crippen LogP contribution in [0.1, 0.15) is 52.6 Å². The second-order valence-corrected chi connectivity index (χ2v) is 9.83. The molecule has 5 rings (SSSR count). The first-order valence-corrected chi connectivity index (χ1v) is 12.2. The van der Waals surface area contributed by atoms with Crippen molar-refractivity contribution in [1.82, 2.24) is 19.7 Å². The summed E-state index contributed by atoms with van der Waals surface area (Å²) in [6, 6.07) is 10.2. The number of rotatable bonds is 5. The van der Waals surface area contributed by atoms with Crippen molar-refractivity contribution in [3.63, 3.8) is 0 Å². The van der Waals surface area contributed by atoms with Crippen LogP contribution in [0.3, 0.4) is 0 Å². The molecule has 0 saturated carbocycles. The van der Waals surface area contributed by atoms with E-state index in [4.69, 9.17) is 4.99 Å². The number of fused-ring (bicyclic) bond motifs is 3. The van der Waals surface area contributed by atoms with E-state index in [1.807, 2.05) is 42.7 Å². The fraction of sp³-hybridized carbons (Fsp3) is 0.269. The predicted molar refractivity (Wildman–Crippen MR) is 133 cm³/mol. The Morgan fingerprint density at radius 3 is 2.40 bits per heavy atom. The number of carboxylic acids is 1. The monoisotopic (exact) mass is 489 g/mol. The Morgan fingerprint density at radius 2 is 1.77 bits per heavy atom. The number of aromatic nitrogens is 4. The number of benzene rings is 1. The third kappa shape index (κ3) is 3.85. The molecule has 4 aromatic rings. The van der Waals surface area contributed by atoms with E-state index in [1.165, 1.54) is 12.3 Å². The van der Waals surface area contributed by atoms with Crippen molar-refractivity contribution in [1.29, 1.82) is 0 Å². The summed E-state index contributed by atoms with van der Waals surface area (Å²) in [6.45, 7) is 7.86. The number of pyridine rings is 1. The second-order valence-electron chi connectivity index (χ2n) is 8.63. The van der Waals surface area contributed by atoms with Crippen molar-refractivity contribution >= 4 is 23.0 Å². The summed E-state index contributed by atoms with van der Waals surface area (Å²) in [4.78, 5) is 22.2. The molecule has 1 N–H and O–H groups in total. The van der Waals surface area contributed by atoms with Crippen molar-refractivity contribution in [2.45, 2.75) is 40.2 Å². The maximum atomic E-state index is 13.3. The van der Waals surface area contributed by atoms with E-state index in [9.17, 15) is 14.3 Å². The first-order chi connectivity index (χ1) is 16.8. The van der Waals surface area contributed by atoms with Gasteiger partial charge in [0.1, 0.15) is 16.9 Å². The number of aliphatic carboxylic acids is 1. The molecule has 0 aliphatic carbocycles. The Labute approximate surface area is 206 Å². The van der Waals surface area contributed by atoms with Crippen molar-refractivity contribution in [3.8, 4) is 16.1 Å². The van der Waals surface area contributed by atoms with Crippen LogP contribution in [-0.2, 0) is 4.79 Å². The lowest BCUT2D eigenvalue weighted by molar-refractivity contribution is -0.142. The number of aryl methyl sites for hydroxylation is 2. The maximum absolute atomic E-state index is 13.3. The predicted octanol–water partition coefficient (Wildman–Crippen LogP) is 5.46. The molecule has 4 heterocycles. The van der Waals surface area contributed by atoms with Crippen LogP contribution in [0.5, 0.6) is 0 Å². The van der Waals surface area contributed by atoms with Gasteiger partial charge in [0.15, 0.2) is 5.82 Å². The molecule has 0 saturated heterocycles. The highest BCUT2D eigenvalue weighted by atomic mass is 32.1. The third-order valence-corrected chi connectivity index (χ3v) is 7.74. The first kappa shape index (κ1) is 23.0. The zero-order valence-corrected chi connectivity index (χ0v) is 20.6. The van der Waals surface area contributed by atoms with E-state index in [0.29, 0.717) is 18.1 Å². The van der Waals surface area contributed by atoms with Crippen LogP contribution in [-0.4, -0.2) is 36.5 Å². The highest BCUT2D eigenvalue weighted by molar-refractivity contribution is 7.15. The van der Waals surface area contributed by atoms with E-state index in [-0.39, 0.29) is 0 Å². The SMILES string of the molecule is CC[C@H](C(=O)O)C1N=C(c2ccc(-c3ccc(F)nc3)cc2)c2c(sc(C)c2C)-n2c(C)nnc21. The largest absolute Gasteiger partial charge is 0.481 e. The molecular formula is C26H24FN5O2S. The van der Waals surface area contributed by atoms with Gasteiger partial charge in [0, 0.05) is 27.8 Å². The average molecular weight is 490 g/mol. The fourth-order valence-corrected chi connectivity index (χ4v) is 5.73.